The third kappa shape index (κ3) is 4.45. The van der Waals surface area contributed by atoms with Gasteiger partial charge in [0.2, 0.25) is 0 Å². The molecule has 0 aliphatic heterocycles. The first-order chi connectivity index (χ1) is 11.8. The van der Waals surface area contributed by atoms with Gasteiger partial charge in [-0.2, -0.15) is 0 Å². The molecule has 2 aromatic rings. The molecule has 8 nitrogen and oxygen atoms in total. The second-order valence-electron chi connectivity index (χ2n) is 4.82. The van der Waals surface area contributed by atoms with Gasteiger partial charge in [-0.15, -0.1) is 0 Å². The van der Waals surface area contributed by atoms with Gasteiger partial charge in [0.15, 0.2) is 0 Å². The summed E-state index contributed by atoms with van der Waals surface area (Å²) in [4.78, 5) is 21.6. The number of rotatable bonds is 6. The Bertz CT molecular complexity index is 898. The average molecular weight is 476 g/mol. The van der Waals surface area contributed by atoms with Gasteiger partial charge in [-0.25, -0.2) is 8.42 Å². The van der Waals surface area contributed by atoms with Crippen molar-refractivity contribution in [3.05, 3.63) is 62.2 Å². The topological polar surface area (TPSA) is 107 Å². The van der Waals surface area contributed by atoms with E-state index in [0.717, 1.165) is 21.1 Å². The average Bonchev–Trinajstić information content (AvgIpc) is 2.60. The highest BCUT2D eigenvalue weighted by Crippen LogP contribution is 2.26. The van der Waals surface area contributed by atoms with Crippen molar-refractivity contribution >= 4 is 50.0 Å². The van der Waals surface area contributed by atoms with Crippen molar-refractivity contribution in [2.75, 3.05) is 18.0 Å². The summed E-state index contributed by atoms with van der Waals surface area (Å²) in [5, 5.41) is 10.9. The molecule has 0 aliphatic rings. The lowest BCUT2D eigenvalue weighted by molar-refractivity contribution is -0.385. The Morgan fingerprint density at radius 2 is 1.88 bits per heavy atom. The summed E-state index contributed by atoms with van der Waals surface area (Å²) in [6.07, 6.45) is 0. The van der Waals surface area contributed by atoms with Crippen molar-refractivity contribution in [3.8, 4) is 0 Å². The van der Waals surface area contributed by atoms with Crippen LogP contribution in [0.15, 0.2) is 53.4 Å². The third-order valence-electron chi connectivity index (χ3n) is 3.23. The maximum Gasteiger partial charge on any atom is 0.326 e. The van der Waals surface area contributed by atoms with Crippen molar-refractivity contribution in [1.29, 1.82) is 0 Å². The highest BCUT2D eigenvalue weighted by molar-refractivity contribution is 14.1. The Hall–Kier alpha value is -2.21. The Morgan fingerprint density at radius 3 is 2.44 bits per heavy atom. The van der Waals surface area contributed by atoms with E-state index < -0.39 is 27.5 Å². The molecule has 0 N–H and O–H groups in total. The molecule has 0 bridgehead atoms. The number of nitro benzene ring substituents is 1. The number of carbonyl (C=O) groups excluding carboxylic acids is 1. The molecule has 2 rings (SSSR count). The molecule has 0 fully saturated rings. The number of methoxy groups -OCH3 is 1. The molecule has 0 aromatic heterocycles. The van der Waals surface area contributed by atoms with Gasteiger partial charge in [0, 0.05) is 15.7 Å². The second kappa shape index (κ2) is 7.78. The summed E-state index contributed by atoms with van der Waals surface area (Å²) < 4.78 is 32.2. The van der Waals surface area contributed by atoms with Crippen LogP contribution in [0.5, 0.6) is 0 Å². The van der Waals surface area contributed by atoms with Crippen LogP contribution in [0.1, 0.15) is 0 Å². The van der Waals surface area contributed by atoms with E-state index in [1.807, 2.05) is 0 Å². The Balaban J connectivity index is 2.54. The molecule has 10 heteroatoms. The number of non-ortho nitro benzene ring substituents is 1. The first-order valence-electron chi connectivity index (χ1n) is 6.85. The summed E-state index contributed by atoms with van der Waals surface area (Å²) in [6, 6.07) is 11.1. The molecule has 0 atom stereocenters. The van der Waals surface area contributed by atoms with Crippen LogP contribution < -0.4 is 4.31 Å². The minimum atomic E-state index is -4.20. The number of nitro groups is 1. The molecule has 0 amide bonds. The molecule has 0 spiro atoms. The lowest BCUT2D eigenvalue weighted by atomic mass is 10.3. The second-order valence-corrected chi connectivity index (χ2v) is 7.93. The number of hydrogen-bond donors (Lipinski definition) is 0. The third-order valence-corrected chi connectivity index (χ3v) is 5.72. The quantitative estimate of drug-likeness (QED) is 0.275. The van der Waals surface area contributed by atoms with Crippen molar-refractivity contribution in [1.82, 2.24) is 0 Å². The van der Waals surface area contributed by atoms with Crippen molar-refractivity contribution in [2.45, 2.75) is 4.90 Å². The predicted molar refractivity (Wildman–Crippen MR) is 98.8 cm³/mol. The number of carbonyl (C=O) groups is 1. The molecule has 25 heavy (non-hydrogen) atoms. The molecule has 2 aromatic carbocycles. The van der Waals surface area contributed by atoms with Gasteiger partial charge in [-0.3, -0.25) is 19.2 Å². The number of sulfonamides is 1. The van der Waals surface area contributed by atoms with E-state index in [0.29, 0.717) is 0 Å². The summed E-state index contributed by atoms with van der Waals surface area (Å²) in [7, 11) is -3.06. The van der Waals surface area contributed by atoms with Crippen molar-refractivity contribution in [2.24, 2.45) is 0 Å². The van der Waals surface area contributed by atoms with E-state index in [1.54, 1.807) is 24.3 Å². The summed E-state index contributed by atoms with van der Waals surface area (Å²) in [6.45, 7) is -0.553. The van der Waals surface area contributed by atoms with Crippen LogP contribution in [0.4, 0.5) is 11.4 Å². The zero-order valence-corrected chi connectivity index (χ0v) is 15.9. The zero-order valence-electron chi connectivity index (χ0n) is 13.0. The van der Waals surface area contributed by atoms with Crippen molar-refractivity contribution in [3.63, 3.8) is 0 Å². The van der Waals surface area contributed by atoms with Crippen LogP contribution in [0, 0.1) is 13.7 Å². The van der Waals surface area contributed by atoms with E-state index in [1.165, 1.54) is 18.2 Å². The first-order valence-corrected chi connectivity index (χ1v) is 9.37. The molecule has 0 heterocycles. The van der Waals surface area contributed by atoms with Gasteiger partial charge in [0.1, 0.15) is 6.54 Å². The minimum absolute atomic E-state index is 0.248. The fraction of sp³-hybridized carbons (Fsp3) is 0.133. The van der Waals surface area contributed by atoms with E-state index in [9.17, 15) is 23.3 Å². The van der Waals surface area contributed by atoms with Crippen molar-refractivity contribution < 1.29 is 22.9 Å². The lowest BCUT2D eigenvalue weighted by Crippen LogP contribution is -2.36. The zero-order chi connectivity index (χ0) is 18.6. The molecular weight excluding hydrogens is 463 g/mol. The normalized spacial score (nSPS) is 11.0. The Labute approximate surface area is 157 Å². The smallest absolute Gasteiger partial charge is 0.326 e. The van der Waals surface area contributed by atoms with E-state index in [-0.39, 0.29) is 16.3 Å². The minimum Gasteiger partial charge on any atom is -0.468 e. The molecule has 0 unspecified atom stereocenters. The highest BCUT2D eigenvalue weighted by Gasteiger charge is 2.28. The number of nitrogens with zero attached hydrogens (tertiary/aromatic N) is 2. The molecule has 0 radical (unpaired) electrons. The van der Waals surface area contributed by atoms with Gasteiger partial charge in [-0.05, 0) is 52.9 Å². The van der Waals surface area contributed by atoms with Crippen LogP contribution in [-0.4, -0.2) is 33.0 Å². The van der Waals surface area contributed by atoms with Gasteiger partial charge in [0.05, 0.1) is 22.6 Å². The number of hydrogen-bond acceptors (Lipinski definition) is 6. The van der Waals surface area contributed by atoms with Crippen LogP contribution in [0.25, 0.3) is 0 Å². The van der Waals surface area contributed by atoms with E-state index >= 15 is 0 Å². The SMILES string of the molecule is COC(=O)CN(c1ccc(I)cc1)S(=O)(=O)c1cccc([N+](=O)[O-])c1. The van der Waals surface area contributed by atoms with Crippen LogP contribution in [0.2, 0.25) is 0 Å². The number of halogens is 1. The largest absolute Gasteiger partial charge is 0.468 e. The van der Waals surface area contributed by atoms with Gasteiger partial charge in [-0.1, -0.05) is 6.07 Å². The molecule has 0 saturated carbocycles. The van der Waals surface area contributed by atoms with Crippen LogP contribution in [-0.2, 0) is 19.6 Å². The van der Waals surface area contributed by atoms with Gasteiger partial charge in [0.25, 0.3) is 15.7 Å². The maximum absolute atomic E-state index is 12.9. The lowest BCUT2D eigenvalue weighted by Gasteiger charge is -2.23. The standard InChI is InChI=1S/C15H13IN2O6S/c1-24-15(19)10-17(12-7-5-11(16)6-8-12)25(22,23)14-4-2-3-13(9-14)18(20)21/h2-9H,10H2,1H3. The fourth-order valence-corrected chi connectivity index (χ4v) is 3.80. The maximum atomic E-state index is 12.9. The number of esters is 1. The van der Waals surface area contributed by atoms with Crippen LogP contribution in [0.3, 0.4) is 0 Å². The number of anilines is 1. The first kappa shape index (κ1) is 19.1. The summed E-state index contributed by atoms with van der Waals surface area (Å²) in [5.74, 6) is -0.757. The van der Waals surface area contributed by atoms with E-state index in [4.69, 9.17) is 0 Å². The predicted octanol–water partition coefficient (Wildman–Crippen LogP) is 2.57. The summed E-state index contributed by atoms with van der Waals surface area (Å²) >= 11 is 2.06. The number of ether oxygens (including phenoxy) is 1. The molecular formula is C15H13IN2O6S. The number of benzene rings is 2. The fourth-order valence-electron chi connectivity index (χ4n) is 1.99. The highest BCUT2D eigenvalue weighted by atomic mass is 127. The van der Waals surface area contributed by atoms with Crippen LogP contribution >= 0.6 is 22.6 Å². The molecule has 0 saturated heterocycles. The summed E-state index contributed by atoms with van der Waals surface area (Å²) in [5.41, 5.74) is -0.112. The van der Waals surface area contributed by atoms with Gasteiger partial charge >= 0.3 is 5.97 Å². The Morgan fingerprint density at radius 1 is 1.24 bits per heavy atom. The van der Waals surface area contributed by atoms with Gasteiger partial charge < -0.3 is 4.74 Å². The monoisotopic (exact) mass is 476 g/mol. The van der Waals surface area contributed by atoms with E-state index in [2.05, 4.69) is 27.3 Å². The molecule has 132 valence electrons. The Kier molecular flexibility index (Phi) is 5.95. The molecule has 0 aliphatic carbocycles.